The van der Waals surface area contributed by atoms with Gasteiger partial charge in [-0.2, -0.15) is 0 Å². The van der Waals surface area contributed by atoms with Gasteiger partial charge in [0.25, 0.3) is 0 Å². The highest BCUT2D eigenvalue weighted by Crippen LogP contribution is 2.17. The summed E-state index contributed by atoms with van der Waals surface area (Å²) in [7, 11) is -2.17. The fraction of sp³-hybridized carbons (Fsp3) is 1.00. The van der Waals surface area contributed by atoms with Crippen molar-refractivity contribution in [3.05, 3.63) is 0 Å². The highest BCUT2D eigenvalue weighted by molar-refractivity contribution is 6.77. The van der Waals surface area contributed by atoms with E-state index >= 15 is 0 Å². The van der Waals surface area contributed by atoms with Crippen LogP contribution in [-0.2, 0) is 4.12 Å². The topological polar surface area (TPSA) is 29.5 Å². The number of hydrogen-bond donors (Lipinski definition) is 1. The van der Waals surface area contributed by atoms with Crippen molar-refractivity contribution in [2.24, 2.45) is 0 Å². The van der Waals surface area contributed by atoms with E-state index in [9.17, 15) is 0 Å². The summed E-state index contributed by atoms with van der Waals surface area (Å²) >= 11 is 0. The Morgan fingerprint density at radius 2 is 1.64 bits per heavy atom. The van der Waals surface area contributed by atoms with Crippen molar-refractivity contribution in [2.75, 3.05) is 6.61 Å². The molecule has 0 aromatic carbocycles. The molecule has 0 aromatic rings. The second-order valence-corrected chi connectivity index (χ2v) is 11.9. The lowest BCUT2D eigenvalue weighted by atomic mass is 10.2. The average Bonchev–Trinajstić information content (AvgIpc) is 2.01. The molecule has 0 saturated heterocycles. The maximum atomic E-state index is 8.63. The third-order valence-electron chi connectivity index (χ3n) is 2.24. The van der Waals surface area contributed by atoms with Crippen molar-refractivity contribution in [3.8, 4) is 0 Å². The number of hydrogen-bond acceptors (Lipinski definition) is 2. The van der Waals surface area contributed by atoms with Gasteiger partial charge in [0, 0.05) is 6.61 Å². The van der Waals surface area contributed by atoms with Gasteiger partial charge >= 0.3 is 0 Å². The molecular formula is C10H26O2Si2. The van der Waals surface area contributed by atoms with Crippen LogP contribution in [0.15, 0.2) is 0 Å². The van der Waals surface area contributed by atoms with Gasteiger partial charge in [0.05, 0.1) is 0 Å². The Morgan fingerprint density at radius 3 is 2.14 bits per heavy atom. The van der Waals surface area contributed by atoms with Gasteiger partial charge in [-0.05, 0) is 38.7 Å². The lowest BCUT2D eigenvalue weighted by Crippen LogP contribution is -2.34. The first-order chi connectivity index (χ1) is 6.48. The Bertz CT molecular complexity index is 138. The highest BCUT2D eigenvalue weighted by Gasteiger charge is 2.22. The van der Waals surface area contributed by atoms with E-state index in [0.717, 1.165) is 6.42 Å². The van der Waals surface area contributed by atoms with Gasteiger partial charge < -0.3 is 9.22 Å². The van der Waals surface area contributed by atoms with Crippen LogP contribution in [0, 0.1) is 0 Å². The maximum Gasteiger partial charge on any atom is 0.173 e. The minimum absolute atomic E-state index is 0.343. The van der Waals surface area contributed by atoms with Crippen molar-refractivity contribution >= 4 is 17.4 Å². The summed E-state index contributed by atoms with van der Waals surface area (Å²) < 4.78 is 6.07. The Labute approximate surface area is 91.5 Å². The van der Waals surface area contributed by atoms with Crippen LogP contribution in [0.1, 0.15) is 25.7 Å². The van der Waals surface area contributed by atoms with Crippen LogP contribution in [0.3, 0.4) is 0 Å². The zero-order chi connectivity index (χ0) is 11.0. The maximum absolute atomic E-state index is 8.63. The summed E-state index contributed by atoms with van der Waals surface area (Å²) in [5.41, 5.74) is 0. The molecule has 0 fully saturated rings. The van der Waals surface area contributed by atoms with E-state index in [0.29, 0.717) is 6.61 Å². The number of rotatable bonds is 8. The first-order valence-electron chi connectivity index (χ1n) is 5.76. The standard InChI is InChI=1S/C10H26O2Si2/c1-13(2)12-14(3,4)10-8-6-5-7-9-11/h11,13H,5-10H2,1-4H3. The fourth-order valence-corrected chi connectivity index (χ4v) is 8.39. The van der Waals surface area contributed by atoms with Crippen LogP contribution in [-0.4, -0.2) is 29.1 Å². The third kappa shape index (κ3) is 8.93. The summed E-state index contributed by atoms with van der Waals surface area (Å²) in [5, 5.41) is 8.63. The minimum atomic E-state index is -1.33. The third-order valence-corrected chi connectivity index (χ3v) is 8.24. The van der Waals surface area contributed by atoms with E-state index in [2.05, 4.69) is 26.2 Å². The molecule has 86 valence electrons. The molecule has 1 N–H and O–H groups in total. The Balaban J connectivity index is 3.45. The average molecular weight is 234 g/mol. The molecule has 14 heavy (non-hydrogen) atoms. The molecule has 0 rings (SSSR count). The van der Waals surface area contributed by atoms with Gasteiger partial charge in [-0.25, -0.2) is 0 Å². The van der Waals surface area contributed by atoms with Gasteiger partial charge in [-0.15, -0.1) is 0 Å². The largest absolute Gasteiger partial charge is 0.458 e. The van der Waals surface area contributed by atoms with Crippen LogP contribution >= 0.6 is 0 Å². The van der Waals surface area contributed by atoms with Crippen molar-refractivity contribution < 1.29 is 9.22 Å². The Morgan fingerprint density at radius 1 is 1.07 bits per heavy atom. The molecule has 0 aliphatic heterocycles. The SMILES string of the molecule is C[SiH](C)O[Si](C)(C)CCCCCCO. The molecule has 0 aliphatic rings. The molecule has 0 atom stereocenters. The number of unbranched alkanes of at least 4 members (excludes halogenated alkanes) is 3. The summed E-state index contributed by atoms with van der Waals surface area (Å²) in [5.74, 6) is 0. The zero-order valence-electron chi connectivity index (χ0n) is 10.2. The van der Waals surface area contributed by atoms with Gasteiger partial charge in [-0.3, -0.25) is 0 Å². The number of aliphatic hydroxyl groups is 1. The lowest BCUT2D eigenvalue weighted by Gasteiger charge is -2.25. The summed E-state index contributed by atoms with van der Waals surface area (Å²) in [4.78, 5) is 0. The van der Waals surface area contributed by atoms with E-state index in [-0.39, 0.29) is 0 Å². The molecule has 0 radical (unpaired) electrons. The molecule has 0 saturated carbocycles. The van der Waals surface area contributed by atoms with E-state index in [1.165, 1.54) is 25.3 Å². The van der Waals surface area contributed by atoms with E-state index in [1.807, 2.05) is 0 Å². The predicted octanol–water partition coefficient (Wildman–Crippen LogP) is 2.74. The van der Waals surface area contributed by atoms with Gasteiger partial charge in [0.2, 0.25) is 0 Å². The zero-order valence-corrected chi connectivity index (χ0v) is 12.3. The predicted molar refractivity (Wildman–Crippen MR) is 67.8 cm³/mol. The molecule has 0 heterocycles. The van der Waals surface area contributed by atoms with Crippen molar-refractivity contribution in [2.45, 2.75) is 57.9 Å². The van der Waals surface area contributed by atoms with Crippen molar-refractivity contribution in [1.29, 1.82) is 0 Å². The van der Waals surface area contributed by atoms with Gasteiger partial charge in [-0.1, -0.05) is 19.3 Å². The highest BCUT2D eigenvalue weighted by atomic mass is 28.4. The van der Waals surface area contributed by atoms with E-state index < -0.39 is 17.4 Å². The molecule has 0 aliphatic carbocycles. The molecule has 0 amide bonds. The lowest BCUT2D eigenvalue weighted by molar-refractivity contribution is 0.283. The summed E-state index contributed by atoms with van der Waals surface area (Å²) in [6.45, 7) is 9.50. The molecule has 0 bridgehead atoms. The van der Waals surface area contributed by atoms with Crippen LogP contribution < -0.4 is 0 Å². The second kappa shape index (κ2) is 7.62. The monoisotopic (exact) mass is 234 g/mol. The summed E-state index contributed by atoms with van der Waals surface area (Å²) in [6.07, 6.45) is 4.65. The molecule has 2 nitrogen and oxygen atoms in total. The minimum Gasteiger partial charge on any atom is -0.458 e. The Hall–Kier alpha value is 0.354. The van der Waals surface area contributed by atoms with Crippen LogP contribution in [0.25, 0.3) is 0 Å². The molecular weight excluding hydrogens is 208 g/mol. The Kier molecular flexibility index (Phi) is 7.81. The summed E-state index contributed by atoms with van der Waals surface area (Å²) in [6, 6.07) is 1.28. The molecule has 4 heteroatoms. The normalized spacial score (nSPS) is 12.4. The molecule has 0 aromatic heterocycles. The molecule has 0 unspecified atom stereocenters. The van der Waals surface area contributed by atoms with Crippen molar-refractivity contribution in [3.63, 3.8) is 0 Å². The smallest absolute Gasteiger partial charge is 0.173 e. The van der Waals surface area contributed by atoms with E-state index in [1.54, 1.807) is 0 Å². The quantitative estimate of drug-likeness (QED) is 0.517. The molecule has 0 spiro atoms. The van der Waals surface area contributed by atoms with E-state index in [4.69, 9.17) is 9.22 Å². The fourth-order valence-electron chi connectivity index (χ4n) is 1.71. The number of aliphatic hydroxyl groups excluding tert-OH is 1. The van der Waals surface area contributed by atoms with Crippen LogP contribution in [0.5, 0.6) is 0 Å². The van der Waals surface area contributed by atoms with Crippen LogP contribution in [0.2, 0.25) is 32.2 Å². The second-order valence-electron chi connectivity index (χ2n) is 4.81. The first kappa shape index (κ1) is 14.4. The van der Waals surface area contributed by atoms with Gasteiger partial charge in [0.1, 0.15) is 0 Å². The van der Waals surface area contributed by atoms with Crippen LogP contribution in [0.4, 0.5) is 0 Å². The first-order valence-corrected chi connectivity index (χ1v) is 11.7. The van der Waals surface area contributed by atoms with Crippen molar-refractivity contribution in [1.82, 2.24) is 0 Å². The van der Waals surface area contributed by atoms with Gasteiger partial charge in [0.15, 0.2) is 17.4 Å².